The summed E-state index contributed by atoms with van der Waals surface area (Å²) >= 11 is 0. The molecule has 24 heavy (non-hydrogen) atoms. The van der Waals surface area contributed by atoms with E-state index in [1.165, 1.54) is 0 Å². The van der Waals surface area contributed by atoms with E-state index < -0.39 is 0 Å². The minimum Gasteiger partial charge on any atom is -0.332 e. The van der Waals surface area contributed by atoms with Gasteiger partial charge in [-0.1, -0.05) is 12.1 Å². The molecule has 2 atom stereocenters. The smallest absolute Gasteiger partial charge is 0.224 e. The summed E-state index contributed by atoms with van der Waals surface area (Å²) in [6.45, 7) is 4.46. The van der Waals surface area contributed by atoms with Gasteiger partial charge in [0, 0.05) is 43.5 Å². The number of carbonyl (C=O) groups is 1. The number of nitrogens with zero attached hydrogens (tertiary/aromatic N) is 4. The molecular weight excluding hydrogens is 300 g/mol. The summed E-state index contributed by atoms with van der Waals surface area (Å²) in [5, 5.41) is 0. The molecule has 2 aliphatic rings. The predicted molar refractivity (Wildman–Crippen MR) is 91.0 cm³/mol. The lowest BCUT2D eigenvalue weighted by atomic mass is 10.1. The van der Waals surface area contributed by atoms with Gasteiger partial charge in [0.1, 0.15) is 0 Å². The van der Waals surface area contributed by atoms with Gasteiger partial charge in [-0.05, 0) is 37.6 Å². The molecule has 0 aliphatic carbocycles. The Labute approximate surface area is 142 Å². The van der Waals surface area contributed by atoms with E-state index in [1.54, 1.807) is 0 Å². The van der Waals surface area contributed by atoms with Crippen molar-refractivity contribution in [2.24, 2.45) is 0 Å². The van der Waals surface area contributed by atoms with E-state index in [9.17, 15) is 4.79 Å². The lowest BCUT2D eigenvalue weighted by Gasteiger charge is -2.25. The van der Waals surface area contributed by atoms with Crippen molar-refractivity contribution in [2.75, 3.05) is 6.54 Å². The zero-order chi connectivity index (χ0) is 16.5. The van der Waals surface area contributed by atoms with E-state index in [2.05, 4.69) is 20.9 Å². The van der Waals surface area contributed by atoms with Gasteiger partial charge in [-0.3, -0.25) is 19.7 Å². The fourth-order valence-corrected chi connectivity index (χ4v) is 3.97. The summed E-state index contributed by atoms with van der Waals surface area (Å²) in [6, 6.07) is 12.6. The predicted octanol–water partition coefficient (Wildman–Crippen LogP) is 2.16. The van der Waals surface area contributed by atoms with Gasteiger partial charge in [0.25, 0.3) is 0 Å². The number of amides is 1. The van der Waals surface area contributed by atoms with Crippen LogP contribution in [0.5, 0.6) is 0 Å². The summed E-state index contributed by atoms with van der Waals surface area (Å²) < 4.78 is 0. The highest BCUT2D eigenvalue weighted by molar-refractivity contribution is 5.80. The molecule has 5 nitrogen and oxygen atoms in total. The van der Waals surface area contributed by atoms with Crippen molar-refractivity contribution < 1.29 is 4.79 Å². The van der Waals surface area contributed by atoms with Crippen LogP contribution in [-0.2, 0) is 17.9 Å². The molecule has 124 valence electrons. The van der Waals surface area contributed by atoms with E-state index in [1.807, 2.05) is 48.4 Å². The third-order valence-corrected chi connectivity index (χ3v) is 5.10. The van der Waals surface area contributed by atoms with Gasteiger partial charge in [-0.15, -0.1) is 0 Å². The van der Waals surface area contributed by atoms with E-state index in [-0.39, 0.29) is 5.91 Å². The third-order valence-electron chi connectivity index (χ3n) is 5.10. The molecule has 4 heterocycles. The molecular formula is C19H22N4O. The molecule has 2 aromatic heterocycles. The Bertz CT molecular complexity index is 733. The van der Waals surface area contributed by atoms with Gasteiger partial charge >= 0.3 is 0 Å². The van der Waals surface area contributed by atoms with Crippen LogP contribution in [0.25, 0.3) is 0 Å². The largest absolute Gasteiger partial charge is 0.332 e. The average Bonchev–Trinajstić information content (AvgIpc) is 3.09. The number of hydrogen-bond donors (Lipinski definition) is 0. The Morgan fingerprint density at radius 2 is 1.96 bits per heavy atom. The molecule has 0 radical (unpaired) electrons. The maximum absolute atomic E-state index is 12.5. The van der Waals surface area contributed by atoms with E-state index in [0.717, 1.165) is 36.6 Å². The monoisotopic (exact) mass is 322 g/mol. The Balaban J connectivity index is 1.47. The standard InChI is InChI=1S/C19H22N4O/c1-14-5-4-7-16(21-14)13-23-17-8-10-22(18(17)11-19(23)24)12-15-6-2-3-9-20-15/h2-7,9,17-18H,8,10-13H2,1H3/t17-,18-/m1/s1. The molecule has 0 N–H and O–H groups in total. The van der Waals surface area contributed by atoms with Crippen molar-refractivity contribution in [2.45, 2.75) is 44.9 Å². The van der Waals surface area contributed by atoms with E-state index >= 15 is 0 Å². The molecule has 1 amide bonds. The number of likely N-dealkylation sites (tertiary alicyclic amines) is 2. The molecule has 2 saturated heterocycles. The van der Waals surface area contributed by atoms with Crippen molar-refractivity contribution in [3.05, 3.63) is 59.7 Å². The normalized spacial score (nSPS) is 23.7. The number of hydrogen-bond acceptors (Lipinski definition) is 4. The Kier molecular flexibility index (Phi) is 4.02. The summed E-state index contributed by atoms with van der Waals surface area (Å²) in [4.78, 5) is 26.0. The molecule has 0 bridgehead atoms. The SMILES string of the molecule is Cc1cccc(CN2C(=O)C[C@@H]3[C@H]2CCN3Cc2ccccn2)n1. The maximum Gasteiger partial charge on any atom is 0.224 e. The zero-order valence-electron chi connectivity index (χ0n) is 13.9. The molecule has 4 rings (SSSR count). The molecule has 2 aliphatic heterocycles. The number of aryl methyl sites for hydroxylation is 1. The van der Waals surface area contributed by atoms with Gasteiger partial charge in [-0.2, -0.15) is 0 Å². The summed E-state index contributed by atoms with van der Waals surface area (Å²) in [6.07, 6.45) is 3.48. The lowest BCUT2D eigenvalue weighted by Crippen LogP contribution is -2.37. The summed E-state index contributed by atoms with van der Waals surface area (Å²) in [5.74, 6) is 0.249. The molecule has 2 fully saturated rings. The van der Waals surface area contributed by atoms with Crippen LogP contribution in [0.2, 0.25) is 0 Å². The van der Waals surface area contributed by atoms with Crippen LogP contribution in [0.1, 0.15) is 29.9 Å². The lowest BCUT2D eigenvalue weighted by molar-refractivity contribution is -0.129. The minimum absolute atomic E-state index is 0.249. The van der Waals surface area contributed by atoms with Gasteiger partial charge in [-0.25, -0.2) is 0 Å². The average molecular weight is 322 g/mol. The maximum atomic E-state index is 12.5. The number of pyridine rings is 2. The topological polar surface area (TPSA) is 49.3 Å². The number of carbonyl (C=O) groups excluding carboxylic acids is 1. The van der Waals surface area contributed by atoms with Crippen molar-refractivity contribution in [3.63, 3.8) is 0 Å². The first-order valence-electron chi connectivity index (χ1n) is 8.57. The number of rotatable bonds is 4. The second kappa shape index (κ2) is 6.32. The van der Waals surface area contributed by atoms with Crippen molar-refractivity contribution >= 4 is 5.91 Å². The first-order valence-corrected chi connectivity index (χ1v) is 8.57. The van der Waals surface area contributed by atoms with Crippen LogP contribution in [-0.4, -0.2) is 44.3 Å². The molecule has 2 aromatic rings. The second-order valence-electron chi connectivity index (χ2n) is 6.71. The van der Waals surface area contributed by atoms with Crippen LogP contribution < -0.4 is 0 Å². The van der Waals surface area contributed by atoms with Gasteiger partial charge < -0.3 is 4.90 Å². The zero-order valence-corrected chi connectivity index (χ0v) is 13.9. The molecule has 0 unspecified atom stereocenters. The third kappa shape index (κ3) is 2.91. The van der Waals surface area contributed by atoms with Crippen LogP contribution in [0, 0.1) is 6.92 Å². The fraction of sp³-hybridized carbons (Fsp3) is 0.421. The van der Waals surface area contributed by atoms with Crippen molar-refractivity contribution in [1.29, 1.82) is 0 Å². The molecule has 0 saturated carbocycles. The quantitative estimate of drug-likeness (QED) is 0.865. The Hall–Kier alpha value is -2.27. The van der Waals surface area contributed by atoms with Crippen molar-refractivity contribution in [1.82, 2.24) is 19.8 Å². The van der Waals surface area contributed by atoms with Crippen LogP contribution in [0.3, 0.4) is 0 Å². The van der Waals surface area contributed by atoms with Gasteiger partial charge in [0.15, 0.2) is 0 Å². The van der Waals surface area contributed by atoms with Gasteiger partial charge in [0.2, 0.25) is 5.91 Å². The summed E-state index contributed by atoms with van der Waals surface area (Å²) in [7, 11) is 0. The van der Waals surface area contributed by atoms with Crippen LogP contribution >= 0.6 is 0 Å². The highest BCUT2D eigenvalue weighted by atomic mass is 16.2. The minimum atomic E-state index is 0.249. The van der Waals surface area contributed by atoms with Gasteiger partial charge in [0.05, 0.1) is 17.9 Å². The summed E-state index contributed by atoms with van der Waals surface area (Å²) in [5.41, 5.74) is 3.05. The Morgan fingerprint density at radius 3 is 2.75 bits per heavy atom. The van der Waals surface area contributed by atoms with Crippen molar-refractivity contribution in [3.8, 4) is 0 Å². The van der Waals surface area contributed by atoms with Crippen LogP contribution in [0.15, 0.2) is 42.6 Å². The number of fused-ring (bicyclic) bond motifs is 1. The number of aromatic nitrogens is 2. The highest BCUT2D eigenvalue weighted by Gasteiger charge is 2.46. The van der Waals surface area contributed by atoms with E-state index in [0.29, 0.717) is 25.0 Å². The molecule has 0 aromatic carbocycles. The fourth-order valence-electron chi connectivity index (χ4n) is 3.97. The highest BCUT2D eigenvalue weighted by Crippen LogP contribution is 2.34. The van der Waals surface area contributed by atoms with Crippen LogP contribution in [0.4, 0.5) is 0 Å². The first kappa shape index (κ1) is 15.3. The van der Waals surface area contributed by atoms with E-state index in [4.69, 9.17) is 0 Å². The molecule has 5 heteroatoms. The molecule has 0 spiro atoms. The Morgan fingerprint density at radius 1 is 1.08 bits per heavy atom. The second-order valence-corrected chi connectivity index (χ2v) is 6.71. The first-order chi connectivity index (χ1) is 11.7.